The number of nitrogens with one attached hydrogen (secondary N) is 1. The number of nitrogens with zero attached hydrogens (tertiary/aromatic N) is 1. The van der Waals surface area contributed by atoms with Crippen molar-refractivity contribution in [3.05, 3.63) is 65.2 Å². The number of para-hydroxylation sites is 1. The molecule has 0 spiro atoms. The fraction of sp³-hybridized carbons (Fsp3) is 0.235. The average molecular weight is 266 g/mol. The van der Waals surface area contributed by atoms with Gasteiger partial charge in [-0.3, -0.25) is 0 Å². The van der Waals surface area contributed by atoms with Crippen molar-refractivity contribution in [1.82, 2.24) is 0 Å². The zero-order valence-corrected chi connectivity index (χ0v) is 11.5. The second-order valence-electron chi connectivity index (χ2n) is 4.64. The highest BCUT2D eigenvalue weighted by Crippen LogP contribution is 2.18. The summed E-state index contributed by atoms with van der Waals surface area (Å²) in [4.78, 5) is 0. The van der Waals surface area contributed by atoms with Crippen molar-refractivity contribution in [2.75, 3.05) is 11.9 Å². The molecule has 0 amide bonds. The molecular formula is C17H18N2O. The second kappa shape index (κ2) is 6.74. The normalized spacial score (nSPS) is 11.7. The third kappa shape index (κ3) is 3.37. The molecule has 2 N–H and O–H groups in total. The Labute approximate surface area is 119 Å². The van der Waals surface area contributed by atoms with Crippen molar-refractivity contribution < 1.29 is 5.11 Å². The van der Waals surface area contributed by atoms with E-state index in [-0.39, 0.29) is 0 Å². The lowest BCUT2D eigenvalue weighted by molar-refractivity contribution is 0.191. The summed E-state index contributed by atoms with van der Waals surface area (Å²) in [6.07, 6.45) is 0.364. The van der Waals surface area contributed by atoms with Gasteiger partial charge in [0.25, 0.3) is 0 Å². The van der Waals surface area contributed by atoms with Crippen molar-refractivity contribution in [3.63, 3.8) is 0 Å². The maximum Gasteiger partial charge on any atom is 0.0991 e. The van der Waals surface area contributed by atoms with Crippen LogP contribution in [0.5, 0.6) is 0 Å². The van der Waals surface area contributed by atoms with E-state index in [1.165, 1.54) is 5.56 Å². The van der Waals surface area contributed by atoms with Gasteiger partial charge >= 0.3 is 0 Å². The van der Waals surface area contributed by atoms with Crippen LogP contribution in [0.25, 0.3) is 0 Å². The monoisotopic (exact) mass is 266 g/mol. The molecule has 0 aliphatic carbocycles. The number of aliphatic hydroxyl groups excluding tert-OH is 1. The van der Waals surface area contributed by atoms with Gasteiger partial charge in [0.15, 0.2) is 0 Å². The van der Waals surface area contributed by atoms with Crippen LogP contribution in [-0.4, -0.2) is 11.7 Å². The summed E-state index contributed by atoms with van der Waals surface area (Å²) in [5.41, 5.74) is 3.71. The molecule has 2 rings (SSSR count). The number of aryl methyl sites for hydroxylation is 1. The molecule has 2 aromatic rings. The molecular weight excluding hydrogens is 248 g/mol. The third-order valence-corrected chi connectivity index (χ3v) is 3.31. The van der Waals surface area contributed by atoms with Gasteiger partial charge in [-0.15, -0.1) is 0 Å². The van der Waals surface area contributed by atoms with Crippen molar-refractivity contribution in [1.29, 1.82) is 5.26 Å². The van der Waals surface area contributed by atoms with Crippen molar-refractivity contribution in [2.45, 2.75) is 19.4 Å². The predicted molar refractivity (Wildman–Crippen MR) is 80.4 cm³/mol. The van der Waals surface area contributed by atoms with Crippen LogP contribution >= 0.6 is 0 Å². The van der Waals surface area contributed by atoms with Gasteiger partial charge in [-0.1, -0.05) is 37.3 Å². The topological polar surface area (TPSA) is 56.0 Å². The van der Waals surface area contributed by atoms with Crippen LogP contribution in [0.15, 0.2) is 48.5 Å². The van der Waals surface area contributed by atoms with E-state index in [2.05, 4.69) is 24.4 Å². The lowest BCUT2D eigenvalue weighted by atomic mass is 10.1. The Morgan fingerprint density at radius 1 is 1.15 bits per heavy atom. The van der Waals surface area contributed by atoms with Crippen molar-refractivity contribution in [2.24, 2.45) is 0 Å². The zero-order valence-electron chi connectivity index (χ0n) is 11.5. The quantitative estimate of drug-likeness (QED) is 0.873. The smallest absolute Gasteiger partial charge is 0.0991 e. The Kier molecular flexibility index (Phi) is 4.75. The van der Waals surface area contributed by atoms with Gasteiger partial charge in [0, 0.05) is 12.2 Å². The number of rotatable bonds is 5. The maximum absolute atomic E-state index is 10.2. The van der Waals surface area contributed by atoms with Gasteiger partial charge in [-0.25, -0.2) is 0 Å². The fourth-order valence-electron chi connectivity index (χ4n) is 2.11. The summed E-state index contributed by atoms with van der Waals surface area (Å²) in [5, 5.41) is 22.2. The van der Waals surface area contributed by atoms with Gasteiger partial charge in [0.2, 0.25) is 0 Å². The van der Waals surface area contributed by atoms with E-state index in [0.29, 0.717) is 12.1 Å². The largest absolute Gasteiger partial charge is 0.387 e. The number of hydrogen-bond acceptors (Lipinski definition) is 3. The average Bonchev–Trinajstić information content (AvgIpc) is 2.53. The minimum Gasteiger partial charge on any atom is -0.387 e. The van der Waals surface area contributed by atoms with E-state index < -0.39 is 6.10 Å². The number of nitriles is 1. The highest BCUT2D eigenvalue weighted by molar-refractivity contribution is 5.51. The van der Waals surface area contributed by atoms with E-state index in [9.17, 15) is 5.11 Å². The number of benzene rings is 2. The molecule has 0 aromatic heterocycles. The van der Waals surface area contributed by atoms with Crippen LogP contribution in [-0.2, 0) is 6.42 Å². The van der Waals surface area contributed by atoms with Gasteiger partial charge in [0.1, 0.15) is 0 Å². The molecule has 1 unspecified atom stereocenters. The molecule has 0 bridgehead atoms. The van der Waals surface area contributed by atoms with Crippen LogP contribution < -0.4 is 5.32 Å². The Morgan fingerprint density at radius 3 is 2.50 bits per heavy atom. The molecule has 0 radical (unpaired) electrons. The summed E-state index contributed by atoms with van der Waals surface area (Å²) in [6, 6.07) is 17.2. The van der Waals surface area contributed by atoms with Crippen molar-refractivity contribution >= 4 is 5.69 Å². The molecule has 0 aliphatic rings. The Hall–Kier alpha value is -2.31. The Morgan fingerprint density at radius 2 is 1.85 bits per heavy atom. The molecule has 3 heteroatoms. The first-order valence-electron chi connectivity index (χ1n) is 6.74. The van der Waals surface area contributed by atoms with Gasteiger partial charge < -0.3 is 10.4 Å². The first-order chi connectivity index (χ1) is 9.74. The summed E-state index contributed by atoms with van der Waals surface area (Å²) >= 11 is 0. The number of hydrogen-bond donors (Lipinski definition) is 2. The molecule has 0 saturated carbocycles. The van der Waals surface area contributed by atoms with Crippen LogP contribution in [0, 0.1) is 11.3 Å². The summed E-state index contributed by atoms with van der Waals surface area (Å²) in [5.74, 6) is 0. The SMILES string of the molecule is CCc1ccccc1NCC(O)c1ccc(C#N)cc1. The van der Waals surface area contributed by atoms with Crippen LogP contribution in [0.4, 0.5) is 5.69 Å². The minimum atomic E-state index is -0.590. The number of aliphatic hydroxyl groups is 1. The fourth-order valence-corrected chi connectivity index (χ4v) is 2.11. The van der Waals surface area contributed by atoms with E-state index in [4.69, 9.17) is 5.26 Å². The van der Waals surface area contributed by atoms with Crippen LogP contribution in [0.2, 0.25) is 0 Å². The minimum absolute atomic E-state index is 0.447. The first kappa shape index (κ1) is 14.1. The summed E-state index contributed by atoms with van der Waals surface area (Å²) in [7, 11) is 0. The first-order valence-corrected chi connectivity index (χ1v) is 6.74. The van der Waals surface area contributed by atoms with Gasteiger partial charge in [0.05, 0.1) is 17.7 Å². The molecule has 0 heterocycles. The molecule has 3 nitrogen and oxygen atoms in total. The van der Waals surface area contributed by atoms with E-state index in [1.807, 2.05) is 18.2 Å². The molecule has 1 atom stereocenters. The Bertz CT molecular complexity index is 599. The highest BCUT2D eigenvalue weighted by atomic mass is 16.3. The molecule has 0 aliphatic heterocycles. The van der Waals surface area contributed by atoms with Crippen LogP contribution in [0.1, 0.15) is 29.7 Å². The predicted octanol–water partition coefficient (Wildman–Crippen LogP) is 3.27. The van der Waals surface area contributed by atoms with E-state index >= 15 is 0 Å². The lowest BCUT2D eigenvalue weighted by Crippen LogP contribution is -2.13. The zero-order chi connectivity index (χ0) is 14.4. The molecule has 2 aromatic carbocycles. The molecule has 0 saturated heterocycles. The van der Waals surface area contributed by atoms with Gasteiger partial charge in [-0.05, 0) is 35.7 Å². The second-order valence-corrected chi connectivity index (χ2v) is 4.64. The van der Waals surface area contributed by atoms with Crippen molar-refractivity contribution in [3.8, 4) is 6.07 Å². The Balaban J connectivity index is 2.01. The highest BCUT2D eigenvalue weighted by Gasteiger charge is 2.08. The van der Waals surface area contributed by atoms with E-state index in [0.717, 1.165) is 17.7 Å². The van der Waals surface area contributed by atoms with Crippen LogP contribution in [0.3, 0.4) is 0 Å². The summed E-state index contributed by atoms with van der Waals surface area (Å²) < 4.78 is 0. The summed E-state index contributed by atoms with van der Waals surface area (Å²) in [6.45, 7) is 2.56. The number of anilines is 1. The molecule has 0 fully saturated rings. The van der Waals surface area contributed by atoms with E-state index in [1.54, 1.807) is 24.3 Å². The molecule has 102 valence electrons. The lowest BCUT2D eigenvalue weighted by Gasteiger charge is -2.15. The van der Waals surface area contributed by atoms with Gasteiger partial charge in [-0.2, -0.15) is 5.26 Å². The standard InChI is InChI=1S/C17H18N2O/c1-2-14-5-3-4-6-16(14)19-12-17(20)15-9-7-13(11-18)8-10-15/h3-10,17,19-20H,2,12H2,1H3. The maximum atomic E-state index is 10.2. The molecule has 20 heavy (non-hydrogen) atoms. The third-order valence-electron chi connectivity index (χ3n) is 3.31.